The first-order chi connectivity index (χ1) is 30.3. The summed E-state index contributed by atoms with van der Waals surface area (Å²) in [5.41, 5.74) is 5.33. The highest BCUT2D eigenvalue weighted by atomic mass is 31.2. The van der Waals surface area contributed by atoms with Crippen LogP contribution in [0, 0.1) is 11.8 Å². The van der Waals surface area contributed by atoms with E-state index in [4.69, 9.17) is 24.8 Å². The highest BCUT2D eigenvalue weighted by Gasteiger charge is 2.39. The number of phosphoric ester groups is 1. The third-order valence-electron chi connectivity index (χ3n) is 10.6. The maximum absolute atomic E-state index is 12.8. The second kappa shape index (κ2) is 37.0. The molecule has 0 aliphatic heterocycles. The highest BCUT2D eigenvalue weighted by Crippen LogP contribution is 2.43. The van der Waals surface area contributed by atoms with Crippen molar-refractivity contribution in [1.82, 2.24) is 0 Å². The fraction of sp³-hybridized carbons (Fsp3) is 0.708. The normalized spacial score (nSPS) is 19.5. The minimum absolute atomic E-state index is 0.0104. The van der Waals surface area contributed by atoms with Gasteiger partial charge in [-0.15, -0.1) is 0 Å². The number of aliphatic carboxylic acids is 1. The molecule has 0 bridgehead atoms. The van der Waals surface area contributed by atoms with Crippen molar-refractivity contribution in [3.63, 3.8) is 0 Å². The van der Waals surface area contributed by atoms with Crippen LogP contribution >= 0.6 is 7.82 Å². The van der Waals surface area contributed by atoms with Gasteiger partial charge in [0.1, 0.15) is 18.4 Å². The number of aliphatic hydroxyl groups excluding tert-OH is 2. The smallest absolute Gasteiger partial charge is 0.472 e. The van der Waals surface area contributed by atoms with Crippen LogP contribution in [0.25, 0.3) is 0 Å². The Morgan fingerprint density at radius 3 is 1.90 bits per heavy atom. The number of phosphoric acid groups is 1. The van der Waals surface area contributed by atoms with Crippen LogP contribution in [0.2, 0.25) is 0 Å². The summed E-state index contributed by atoms with van der Waals surface area (Å²) >= 11 is 0. The lowest BCUT2D eigenvalue weighted by Crippen LogP contribution is -2.34. The molecule has 1 unspecified atom stereocenters. The summed E-state index contributed by atoms with van der Waals surface area (Å²) in [6.45, 7) is 2.39. The van der Waals surface area contributed by atoms with E-state index in [2.05, 4.69) is 67.0 Å². The number of carboxylic acid groups (broad SMARTS) is 1. The van der Waals surface area contributed by atoms with E-state index >= 15 is 0 Å². The van der Waals surface area contributed by atoms with E-state index in [0.29, 0.717) is 32.1 Å². The summed E-state index contributed by atoms with van der Waals surface area (Å²) in [6.07, 6.45) is 36.2. The molecule has 0 heterocycles. The maximum atomic E-state index is 12.8. The summed E-state index contributed by atoms with van der Waals surface area (Å²) in [7, 11) is -4.80. The lowest BCUT2D eigenvalue weighted by Gasteiger charge is -2.20. The fourth-order valence-electron chi connectivity index (χ4n) is 6.89. The molecular formula is C48H80NO13P. The number of ether oxygens (including phenoxy) is 2. The third kappa shape index (κ3) is 31.3. The number of allylic oxidation sites excluding steroid dienone is 9. The second-order valence-corrected chi connectivity index (χ2v) is 17.8. The van der Waals surface area contributed by atoms with Crippen molar-refractivity contribution < 1.29 is 62.5 Å². The van der Waals surface area contributed by atoms with Crippen LogP contribution < -0.4 is 5.73 Å². The van der Waals surface area contributed by atoms with Gasteiger partial charge in [0.2, 0.25) is 0 Å². The predicted molar refractivity (Wildman–Crippen MR) is 245 cm³/mol. The van der Waals surface area contributed by atoms with Crippen molar-refractivity contribution in [2.24, 2.45) is 17.6 Å². The monoisotopic (exact) mass is 910 g/mol. The Hall–Kier alpha value is -3.23. The molecule has 0 saturated heterocycles. The number of rotatable bonds is 39. The van der Waals surface area contributed by atoms with Gasteiger partial charge in [0.15, 0.2) is 6.10 Å². The van der Waals surface area contributed by atoms with Crippen LogP contribution in [-0.4, -0.2) is 88.1 Å². The summed E-state index contributed by atoms with van der Waals surface area (Å²) < 4.78 is 32.7. The molecule has 7 atom stereocenters. The summed E-state index contributed by atoms with van der Waals surface area (Å²) in [5, 5.41) is 29.7. The zero-order valence-electron chi connectivity index (χ0n) is 38.1. The molecule has 0 amide bonds. The summed E-state index contributed by atoms with van der Waals surface area (Å²) in [4.78, 5) is 58.8. The summed E-state index contributed by atoms with van der Waals surface area (Å²) in [6, 6.07) is -1.57. The number of esters is 2. The van der Waals surface area contributed by atoms with Crippen molar-refractivity contribution in [3.8, 4) is 0 Å². The van der Waals surface area contributed by atoms with Gasteiger partial charge in [0, 0.05) is 25.2 Å². The number of carbonyl (C=O) groups excluding carboxylic acids is 3. The lowest BCUT2D eigenvalue weighted by molar-refractivity contribution is -0.161. The number of ketones is 1. The molecule has 1 fully saturated rings. The Labute approximate surface area is 377 Å². The molecule has 360 valence electrons. The molecule has 1 rings (SSSR count). The van der Waals surface area contributed by atoms with Crippen molar-refractivity contribution in [2.75, 3.05) is 19.8 Å². The van der Waals surface area contributed by atoms with Gasteiger partial charge in [-0.2, -0.15) is 0 Å². The topological polar surface area (TPSA) is 229 Å². The Kier molecular flexibility index (Phi) is 34.0. The number of carbonyl (C=O) groups is 4. The second-order valence-electron chi connectivity index (χ2n) is 16.3. The van der Waals surface area contributed by atoms with Crippen molar-refractivity contribution in [2.45, 2.75) is 186 Å². The van der Waals surface area contributed by atoms with E-state index in [9.17, 15) is 38.8 Å². The Morgan fingerprint density at radius 2 is 1.29 bits per heavy atom. The van der Waals surface area contributed by atoms with Crippen LogP contribution in [0.15, 0.2) is 60.8 Å². The molecule has 0 aromatic heterocycles. The van der Waals surface area contributed by atoms with Gasteiger partial charge >= 0.3 is 25.7 Å². The number of unbranched alkanes of at least 4 members (excludes halogenated alkanes) is 11. The average Bonchev–Trinajstić information content (AvgIpc) is 3.52. The molecule has 1 aliphatic rings. The van der Waals surface area contributed by atoms with Crippen LogP contribution in [0.4, 0.5) is 0 Å². The highest BCUT2D eigenvalue weighted by molar-refractivity contribution is 7.47. The minimum Gasteiger partial charge on any atom is -0.480 e. The van der Waals surface area contributed by atoms with E-state index < -0.39 is 75.8 Å². The Bertz CT molecular complexity index is 1460. The Morgan fingerprint density at radius 1 is 0.746 bits per heavy atom. The number of Topliss-reactive ketones (excluding diaryl/α,β-unsaturated/α-hetero) is 1. The Balaban J connectivity index is 2.47. The average molecular weight is 910 g/mol. The van der Waals surface area contributed by atoms with Gasteiger partial charge in [-0.3, -0.25) is 28.2 Å². The fourth-order valence-corrected chi connectivity index (χ4v) is 7.67. The van der Waals surface area contributed by atoms with E-state index in [-0.39, 0.29) is 31.0 Å². The SMILES string of the molecule is CCCCC/C=C\C/C=C\C/C=C\C/C=C\CCCCCC(=O)OC[C@H](COP(=O)(O)OC[C@H](N)C(=O)O)OC(=O)CCCCCC[C@H]1[C@@H](O)CC(=O)[C@@H]1/C=C/[C@@H](O)CCCCC. The summed E-state index contributed by atoms with van der Waals surface area (Å²) in [5.74, 6) is -3.30. The molecular weight excluding hydrogens is 829 g/mol. The molecule has 0 aromatic carbocycles. The molecule has 1 saturated carbocycles. The van der Waals surface area contributed by atoms with Gasteiger partial charge in [0.05, 0.1) is 25.4 Å². The minimum atomic E-state index is -4.80. The van der Waals surface area contributed by atoms with Gasteiger partial charge < -0.3 is 35.4 Å². The van der Waals surface area contributed by atoms with Gasteiger partial charge in [-0.05, 0) is 76.5 Å². The largest absolute Gasteiger partial charge is 0.480 e. The van der Waals surface area contributed by atoms with E-state index in [1.807, 2.05) is 0 Å². The first-order valence-electron chi connectivity index (χ1n) is 23.4. The van der Waals surface area contributed by atoms with Crippen LogP contribution in [0.3, 0.4) is 0 Å². The number of aliphatic hydroxyl groups is 2. The third-order valence-corrected chi connectivity index (χ3v) is 11.6. The van der Waals surface area contributed by atoms with Crippen molar-refractivity contribution in [1.29, 1.82) is 0 Å². The molecule has 15 heteroatoms. The molecule has 63 heavy (non-hydrogen) atoms. The van der Waals surface area contributed by atoms with Crippen molar-refractivity contribution in [3.05, 3.63) is 60.8 Å². The van der Waals surface area contributed by atoms with Crippen LogP contribution in [-0.2, 0) is 42.3 Å². The van der Waals surface area contributed by atoms with Gasteiger partial charge in [-0.25, -0.2) is 4.57 Å². The molecule has 14 nitrogen and oxygen atoms in total. The van der Waals surface area contributed by atoms with Crippen molar-refractivity contribution >= 4 is 31.5 Å². The van der Waals surface area contributed by atoms with E-state index in [1.165, 1.54) is 19.3 Å². The number of hydrogen-bond donors (Lipinski definition) is 5. The quantitative estimate of drug-likeness (QED) is 0.0168. The van der Waals surface area contributed by atoms with Gasteiger partial charge in [-0.1, -0.05) is 132 Å². The maximum Gasteiger partial charge on any atom is 0.472 e. The molecule has 1 aliphatic carbocycles. The molecule has 0 spiro atoms. The number of carboxylic acids is 1. The number of hydrogen-bond acceptors (Lipinski definition) is 12. The van der Waals surface area contributed by atoms with Gasteiger partial charge in [0.25, 0.3) is 0 Å². The van der Waals surface area contributed by atoms with E-state index in [0.717, 1.165) is 77.0 Å². The van der Waals surface area contributed by atoms with Crippen LogP contribution in [0.1, 0.15) is 162 Å². The zero-order chi connectivity index (χ0) is 46.6. The van der Waals surface area contributed by atoms with Crippen LogP contribution in [0.5, 0.6) is 0 Å². The number of nitrogens with two attached hydrogens (primary N) is 1. The molecule has 0 radical (unpaired) electrons. The standard InChI is InChI=1S/C48H80NO13P/c1-3-5-7-8-9-10-11-12-13-14-15-16-17-18-19-20-21-22-27-31-46(53)59-36-40(37-60-63(57,58)61-38-43(49)48(55)56)62-47(54)32-28-24-23-26-30-41-42(45(52)35-44(41)51)34-33-39(50)29-25-6-4-2/h9-10,12-13,15-16,18-19,33-34,39-44,50-51H,3-8,11,14,17,20-32,35-38,49H2,1-2H3,(H,55,56)(H,57,58)/b10-9-,13-12-,16-15-,19-18-,34-33+/t39-,40+,41+,42+,43-,44-/m0/s1. The predicted octanol–water partition coefficient (Wildman–Crippen LogP) is 9.32. The zero-order valence-corrected chi connectivity index (χ0v) is 39.0. The van der Waals surface area contributed by atoms with E-state index in [1.54, 1.807) is 12.2 Å². The first kappa shape index (κ1) is 57.8. The molecule has 0 aromatic rings. The first-order valence-corrected chi connectivity index (χ1v) is 24.9. The molecule has 6 N–H and O–H groups in total. The lowest BCUT2D eigenvalue weighted by atomic mass is 9.88.